The fourth-order valence-corrected chi connectivity index (χ4v) is 1.84. The molecule has 0 N–H and O–H groups in total. The van der Waals surface area contributed by atoms with Gasteiger partial charge in [-0.15, -0.1) is 0 Å². The van der Waals surface area contributed by atoms with Gasteiger partial charge in [0.1, 0.15) is 0 Å². The van der Waals surface area contributed by atoms with Crippen LogP contribution in [0.5, 0.6) is 0 Å². The van der Waals surface area contributed by atoms with Crippen molar-refractivity contribution in [2.75, 3.05) is 19.6 Å². The van der Waals surface area contributed by atoms with Crippen LogP contribution in [0.2, 0.25) is 0 Å². The highest BCUT2D eigenvalue weighted by Gasteiger charge is 2.45. The van der Waals surface area contributed by atoms with E-state index in [0.29, 0.717) is 0 Å². The number of hydrogen-bond donors (Lipinski definition) is 0. The van der Waals surface area contributed by atoms with E-state index in [-0.39, 0.29) is 6.54 Å². The van der Waals surface area contributed by atoms with Crippen molar-refractivity contribution >= 4 is 0 Å². The topological polar surface area (TPSA) is 3.24 Å². The maximum atomic E-state index is 11.8. The molecule has 2 atom stereocenters. The van der Waals surface area contributed by atoms with Crippen LogP contribution in [0.1, 0.15) is 6.42 Å². The van der Waals surface area contributed by atoms with E-state index in [0.717, 1.165) is 24.9 Å². The number of nitrogens with zero attached hydrogens (tertiary/aromatic N) is 1. The van der Waals surface area contributed by atoms with Crippen molar-refractivity contribution in [3.8, 4) is 0 Å². The Bertz CT molecular complexity index is 128. The summed E-state index contributed by atoms with van der Waals surface area (Å²) in [5.74, 6) is 1.55. The fourth-order valence-electron chi connectivity index (χ4n) is 1.84. The summed E-state index contributed by atoms with van der Waals surface area (Å²) in [6, 6.07) is 0. The van der Waals surface area contributed by atoms with Gasteiger partial charge in [0.2, 0.25) is 0 Å². The van der Waals surface area contributed by atoms with Gasteiger partial charge in [-0.25, -0.2) is 8.78 Å². The number of likely N-dealkylation sites (tertiary alicyclic amines) is 1. The number of halogens is 2. The van der Waals surface area contributed by atoms with Crippen LogP contribution in [0, 0.1) is 11.8 Å². The van der Waals surface area contributed by atoms with Gasteiger partial charge in [-0.3, -0.25) is 4.90 Å². The molecule has 0 spiro atoms. The second kappa shape index (κ2) is 2.16. The normalized spacial score (nSPS) is 38.7. The summed E-state index contributed by atoms with van der Waals surface area (Å²) in [5, 5.41) is 0. The first-order chi connectivity index (χ1) is 4.75. The van der Waals surface area contributed by atoms with Crippen LogP contribution >= 0.6 is 0 Å². The van der Waals surface area contributed by atoms with Crippen molar-refractivity contribution in [1.82, 2.24) is 4.90 Å². The summed E-state index contributed by atoms with van der Waals surface area (Å²) in [4.78, 5) is 1.88. The van der Waals surface area contributed by atoms with E-state index in [9.17, 15) is 8.78 Å². The molecule has 1 saturated carbocycles. The van der Waals surface area contributed by atoms with Gasteiger partial charge in [0.15, 0.2) is 0 Å². The largest absolute Gasteiger partial charge is 0.297 e. The first-order valence-corrected chi connectivity index (χ1v) is 3.76. The van der Waals surface area contributed by atoms with E-state index in [1.807, 2.05) is 4.90 Å². The van der Waals surface area contributed by atoms with Gasteiger partial charge in [-0.05, 0) is 18.3 Å². The van der Waals surface area contributed by atoms with Gasteiger partial charge < -0.3 is 0 Å². The van der Waals surface area contributed by atoms with Crippen LogP contribution in [0.4, 0.5) is 8.78 Å². The number of rotatable bonds is 2. The van der Waals surface area contributed by atoms with Crippen molar-refractivity contribution in [3.05, 3.63) is 0 Å². The molecular weight excluding hydrogens is 136 g/mol. The lowest BCUT2D eigenvalue weighted by molar-refractivity contribution is 0.0944. The summed E-state index contributed by atoms with van der Waals surface area (Å²) < 4.78 is 23.6. The molecule has 58 valence electrons. The minimum absolute atomic E-state index is 0.00694. The SMILES string of the molecule is FC(F)CN1CC2CC2C1. The highest BCUT2D eigenvalue weighted by Crippen LogP contribution is 2.44. The minimum atomic E-state index is -2.14. The van der Waals surface area contributed by atoms with Crippen LogP contribution in [-0.4, -0.2) is 31.0 Å². The first-order valence-electron chi connectivity index (χ1n) is 3.76. The Morgan fingerprint density at radius 3 is 2.40 bits per heavy atom. The van der Waals surface area contributed by atoms with Crippen molar-refractivity contribution in [2.45, 2.75) is 12.8 Å². The van der Waals surface area contributed by atoms with Crippen molar-refractivity contribution in [2.24, 2.45) is 11.8 Å². The van der Waals surface area contributed by atoms with Crippen LogP contribution < -0.4 is 0 Å². The predicted octanol–water partition coefficient (Wildman–Crippen LogP) is 1.20. The number of hydrogen-bond acceptors (Lipinski definition) is 1. The van der Waals surface area contributed by atoms with Gasteiger partial charge in [0.05, 0.1) is 6.54 Å². The second-order valence-corrected chi connectivity index (χ2v) is 3.37. The third-order valence-corrected chi connectivity index (χ3v) is 2.45. The molecule has 0 aromatic carbocycles. The van der Waals surface area contributed by atoms with Crippen molar-refractivity contribution in [3.63, 3.8) is 0 Å². The Morgan fingerprint density at radius 2 is 1.90 bits per heavy atom. The molecule has 2 rings (SSSR count). The van der Waals surface area contributed by atoms with Gasteiger partial charge >= 0.3 is 0 Å². The molecule has 10 heavy (non-hydrogen) atoms. The third-order valence-electron chi connectivity index (χ3n) is 2.45. The Morgan fingerprint density at radius 1 is 1.30 bits per heavy atom. The molecule has 1 nitrogen and oxygen atoms in total. The monoisotopic (exact) mass is 147 g/mol. The first kappa shape index (κ1) is 6.53. The highest BCUT2D eigenvalue weighted by molar-refractivity contribution is 4.96. The maximum absolute atomic E-state index is 11.8. The van der Waals surface area contributed by atoms with E-state index >= 15 is 0 Å². The molecule has 1 heterocycles. The molecule has 1 saturated heterocycles. The lowest BCUT2D eigenvalue weighted by Gasteiger charge is -2.15. The van der Waals surface area contributed by atoms with Crippen molar-refractivity contribution in [1.29, 1.82) is 0 Å². The van der Waals surface area contributed by atoms with Crippen LogP contribution in [0.3, 0.4) is 0 Å². The van der Waals surface area contributed by atoms with Crippen molar-refractivity contribution < 1.29 is 8.78 Å². The zero-order chi connectivity index (χ0) is 7.14. The van der Waals surface area contributed by atoms with Crippen LogP contribution in [0.25, 0.3) is 0 Å². The molecule has 1 aliphatic heterocycles. The summed E-state index contributed by atoms with van der Waals surface area (Å²) >= 11 is 0. The standard InChI is InChI=1S/C7H11F2N/c8-7(9)4-10-2-5-1-6(5)3-10/h5-7H,1-4H2. The third kappa shape index (κ3) is 1.15. The van der Waals surface area contributed by atoms with E-state index in [1.54, 1.807) is 0 Å². The Hall–Kier alpha value is -0.180. The molecule has 0 radical (unpaired) electrons. The summed E-state index contributed by atoms with van der Waals surface area (Å²) in [5.41, 5.74) is 0. The Kier molecular flexibility index (Phi) is 1.41. The predicted molar refractivity (Wildman–Crippen MR) is 34.0 cm³/mol. The average molecular weight is 147 g/mol. The molecule has 3 heteroatoms. The molecule has 0 bridgehead atoms. The Labute approximate surface area is 59.0 Å². The summed E-state index contributed by atoms with van der Waals surface area (Å²) in [7, 11) is 0. The lowest BCUT2D eigenvalue weighted by Crippen LogP contribution is -2.28. The quantitative estimate of drug-likeness (QED) is 0.567. The second-order valence-electron chi connectivity index (χ2n) is 3.37. The Balaban J connectivity index is 1.76. The molecule has 2 unspecified atom stereocenters. The summed E-state index contributed by atoms with van der Waals surface area (Å²) in [6.07, 6.45) is -0.850. The van der Waals surface area contributed by atoms with Crippen LogP contribution in [0.15, 0.2) is 0 Å². The van der Waals surface area contributed by atoms with E-state index in [2.05, 4.69) is 0 Å². The van der Waals surface area contributed by atoms with E-state index in [1.165, 1.54) is 6.42 Å². The maximum Gasteiger partial charge on any atom is 0.251 e. The van der Waals surface area contributed by atoms with Gasteiger partial charge in [0.25, 0.3) is 6.43 Å². The van der Waals surface area contributed by atoms with Gasteiger partial charge in [0, 0.05) is 13.1 Å². The van der Waals surface area contributed by atoms with Gasteiger partial charge in [-0.2, -0.15) is 0 Å². The lowest BCUT2D eigenvalue weighted by atomic mass is 10.4. The zero-order valence-electron chi connectivity index (χ0n) is 5.76. The highest BCUT2D eigenvalue weighted by atomic mass is 19.3. The van der Waals surface area contributed by atoms with E-state index in [4.69, 9.17) is 0 Å². The number of fused-ring (bicyclic) bond motifs is 1. The zero-order valence-corrected chi connectivity index (χ0v) is 5.76. The molecule has 0 aromatic rings. The van der Waals surface area contributed by atoms with Gasteiger partial charge in [-0.1, -0.05) is 0 Å². The molecule has 2 fully saturated rings. The molecule has 2 aliphatic rings. The molecule has 0 aromatic heterocycles. The molecular formula is C7H11F2N. The van der Waals surface area contributed by atoms with E-state index < -0.39 is 6.43 Å². The summed E-state index contributed by atoms with van der Waals surface area (Å²) in [6.45, 7) is 1.84. The fraction of sp³-hybridized carbons (Fsp3) is 1.00. The minimum Gasteiger partial charge on any atom is -0.297 e. The molecule has 1 aliphatic carbocycles. The van der Waals surface area contributed by atoms with Crippen LogP contribution in [-0.2, 0) is 0 Å². The number of piperidine rings is 1. The number of alkyl halides is 2. The molecule has 0 amide bonds. The average Bonchev–Trinajstić information content (AvgIpc) is 2.39. The smallest absolute Gasteiger partial charge is 0.251 e.